The van der Waals surface area contributed by atoms with Crippen molar-refractivity contribution in [3.63, 3.8) is 0 Å². The smallest absolute Gasteiger partial charge is 0.224 e. The molecule has 1 aromatic carbocycles. The van der Waals surface area contributed by atoms with Gasteiger partial charge in [-0.25, -0.2) is 0 Å². The van der Waals surface area contributed by atoms with E-state index in [0.717, 1.165) is 13.1 Å². The van der Waals surface area contributed by atoms with Crippen LogP contribution in [0.15, 0.2) is 30.3 Å². The van der Waals surface area contributed by atoms with Crippen LogP contribution in [0.2, 0.25) is 0 Å². The number of carbonyl (C=O) groups excluding carboxylic acids is 1. The van der Waals surface area contributed by atoms with E-state index in [0.29, 0.717) is 6.42 Å². The fraction of sp³-hybridized carbons (Fsp3) is 0.500. The monoisotopic (exact) mass is 230 g/mol. The van der Waals surface area contributed by atoms with Gasteiger partial charge in [0.1, 0.15) is 0 Å². The lowest BCUT2D eigenvalue weighted by atomic mass is 9.95. The Morgan fingerprint density at radius 3 is 2.53 bits per heavy atom. The van der Waals surface area contributed by atoms with Gasteiger partial charge in [0.05, 0.1) is 0 Å². The van der Waals surface area contributed by atoms with Crippen LogP contribution < -0.4 is 5.73 Å². The minimum absolute atomic E-state index is 0.0362. The van der Waals surface area contributed by atoms with Gasteiger partial charge >= 0.3 is 0 Å². The summed E-state index contributed by atoms with van der Waals surface area (Å²) in [6.07, 6.45) is 2.90. The molecule has 1 saturated carbocycles. The highest BCUT2D eigenvalue weighted by Gasteiger charge is 2.47. The van der Waals surface area contributed by atoms with Gasteiger partial charge in [0, 0.05) is 31.0 Å². The maximum Gasteiger partial charge on any atom is 0.224 e. The first kappa shape index (κ1) is 10.8. The third-order valence-electron chi connectivity index (χ3n) is 3.98. The number of benzene rings is 1. The highest BCUT2D eigenvalue weighted by atomic mass is 16.2. The molecule has 2 fully saturated rings. The van der Waals surface area contributed by atoms with Crippen LogP contribution in [0.25, 0.3) is 0 Å². The molecule has 2 N–H and O–H groups in total. The SMILES string of the molecule is NC1CC(=O)N(CC2(c3ccccc3)CC2)C1. The van der Waals surface area contributed by atoms with Gasteiger partial charge in [0.15, 0.2) is 0 Å². The van der Waals surface area contributed by atoms with Crippen LogP contribution >= 0.6 is 0 Å². The van der Waals surface area contributed by atoms with Crippen molar-refractivity contribution in [2.45, 2.75) is 30.7 Å². The summed E-state index contributed by atoms with van der Waals surface area (Å²) in [7, 11) is 0. The van der Waals surface area contributed by atoms with E-state index < -0.39 is 0 Å². The maximum absolute atomic E-state index is 11.8. The van der Waals surface area contributed by atoms with E-state index in [4.69, 9.17) is 5.73 Å². The Bertz CT molecular complexity index is 425. The van der Waals surface area contributed by atoms with Gasteiger partial charge in [-0.05, 0) is 18.4 Å². The Morgan fingerprint density at radius 2 is 2.00 bits per heavy atom. The number of hydrogen-bond donors (Lipinski definition) is 1. The Hall–Kier alpha value is -1.35. The molecule has 90 valence electrons. The minimum Gasteiger partial charge on any atom is -0.340 e. The predicted octanol–water partition coefficient (Wildman–Crippen LogP) is 1.28. The van der Waals surface area contributed by atoms with Gasteiger partial charge in [-0.2, -0.15) is 0 Å². The fourth-order valence-corrected chi connectivity index (χ4v) is 2.80. The molecule has 1 aliphatic carbocycles. The van der Waals surface area contributed by atoms with Crippen LogP contribution in [0.3, 0.4) is 0 Å². The molecule has 3 heteroatoms. The van der Waals surface area contributed by atoms with Crippen molar-refractivity contribution in [3.05, 3.63) is 35.9 Å². The second-order valence-corrected chi connectivity index (χ2v) is 5.38. The van der Waals surface area contributed by atoms with Crippen molar-refractivity contribution in [1.29, 1.82) is 0 Å². The first-order chi connectivity index (χ1) is 8.20. The van der Waals surface area contributed by atoms with Crippen molar-refractivity contribution >= 4 is 5.91 Å². The van der Waals surface area contributed by atoms with E-state index in [2.05, 4.69) is 24.3 Å². The van der Waals surface area contributed by atoms with Crippen LogP contribution in [0.5, 0.6) is 0 Å². The lowest BCUT2D eigenvalue weighted by molar-refractivity contribution is -0.128. The molecule has 0 bridgehead atoms. The number of carbonyl (C=O) groups is 1. The van der Waals surface area contributed by atoms with Crippen molar-refractivity contribution in [2.75, 3.05) is 13.1 Å². The molecule has 0 radical (unpaired) electrons. The summed E-state index contributed by atoms with van der Waals surface area (Å²) in [5, 5.41) is 0. The normalized spacial score (nSPS) is 26.3. The third kappa shape index (κ3) is 1.95. The van der Waals surface area contributed by atoms with Crippen molar-refractivity contribution in [3.8, 4) is 0 Å². The molecule has 0 spiro atoms. The van der Waals surface area contributed by atoms with Gasteiger partial charge in [-0.15, -0.1) is 0 Å². The van der Waals surface area contributed by atoms with Gasteiger partial charge in [-0.3, -0.25) is 4.79 Å². The van der Waals surface area contributed by atoms with Crippen LogP contribution in [0.1, 0.15) is 24.8 Å². The average Bonchev–Trinajstić information content (AvgIpc) is 3.03. The van der Waals surface area contributed by atoms with Crippen molar-refractivity contribution < 1.29 is 4.79 Å². The molecule has 2 aliphatic rings. The molecule has 3 rings (SSSR count). The molecule has 0 aromatic heterocycles. The number of amides is 1. The van der Waals surface area contributed by atoms with Crippen molar-refractivity contribution in [1.82, 2.24) is 4.90 Å². The summed E-state index contributed by atoms with van der Waals surface area (Å²) in [6, 6.07) is 10.6. The molecule has 1 atom stereocenters. The quantitative estimate of drug-likeness (QED) is 0.850. The van der Waals surface area contributed by atoms with Gasteiger partial charge in [0.25, 0.3) is 0 Å². The summed E-state index contributed by atoms with van der Waals surface area (Å²) in [5.41, 5.74) is 7.42. The van der Waals surface area contributed by atoms with Gasteiger partial charge < -0.3 is 10.6 Å². The van der Waals surface area contributed by atoms with Crippen LogP contribution in [0, 0.1) is 0 Å². The van der Waals surface area contributed by atoms with E-state index in [9.17, 15) is 4.79 Å². The first-order valence-corrected chi connectivity index (χ1v) is 6.28. The number of rotatable bonds is 3. The second kappa shape index (κ2) is 3.84. The third-order valence-corrected chi connectivity index (χ3v) is 3.98. The molecule has 1 unspecified atom stereocenters. The largest absolute Gasteiger partial charge is 0.340 e. The van der Waals surface area contributed by atoms with E-state index in [1.807, 2.05) is 11.0 Å². The van der Waals surface area contributed by atoms with Crippen LogP contribution in [0.4, 0.5) is 0 Å². The highest BCUT2D eigenvalue weighted by Crippen LogP contribution is 2.49. The zero-order chi connectivity index (χ0) is 11.9. The second-order valence-electron chi connectivity index (χ2n) is 5.38. The average molecular weight is 230 g/mol. The molecule has 1 amide bonds. The number of hydrogen-bond acceptors (Lipinski definition) is 2. The molecule has 3 nitrogen and oxygen atoms in total. The lowest BCUT2D eigenvalue weighted by Crippen LogP contribution is -2.35. The molecular formula is C14H18N2O. The number of nitrogens with zero attached hydrogens (tertiary/aromatic N) is 1. The minimum atomic E-state index is 0.0362. The van der Waals surface area contributed by atoms with Crippen LogP contribution in [-0.2, 0) is 10.2 Å². The standard InChI is InChI=1S/C14H18N2O/c15-12-8-13(17)16(9-12)10-14(6-7-14)11-4-2-1-3-5-11/h1-5,12H,6-10,15H2. The van der Waals surface area contributed by atoms with Crippen molar-refractivity contribution in [2.24, 2.45) is 5.73 Å². The van der Waals surface area contributed by atoms with E-state index >= 15 is 0 Å². The fourth-order valence-electron chi connectivity index (χ4n) is 2.80. The lowest BCUT2D eigenvalue weighted by Gasteiger charge is -2.24. The van der Waals surface area contributed by atoms with Gasteiger partial charge in [0.2, 0.25) is 5.91 Å². The molecule has 1 aromatic rings. The number of nitrogens with two attached hydrogens (primary N) is 1. The molecule has 1 aliphatic heterocycles. The molecule has 17 heavy (non-hydrogen) atoms. The summed E-state index contributed by atoms with van der Waals surface area (Å²) in [4.78, 5) is 13.7. The maximum atomic E-state index is 11.8. The van der Waals surface area contributed by atoms with Crippen LogP contribution in [-0.4, -0.2) is 29.9 Å². The topological polar surface area (TPSA) is 46.3 Å². The molecular weight excluding hydrogens is 212 g/mol. The first-order valence-electron chi connectivity index (χ1n) is 6.28. The predicted molar refractivity (Wildman–Crippen MR) is 66.5 cm³/mol. The Labute approximate surface area is 102 Å². The van der Waals surface area contributed by atoms with E-state index in [1.54, 1.807) is 0 Å². The summed E-state index contributed by atoms with van der Waals surface area (Å²) in [5.74, 6) is 0.222. The molecule has 1 saturated heterocycles. The Kier molecular flexibility index (Phi) is 2.44. The summed E-state index contributed by atoms with van der Waals surface area (Å²) in [6.45, 7) is 1.58. The summed E-state index contributed by atoms with van der Waals surface area (Å²) >= 11 is 0. The Balaban J connectivity index is 1.75. The zero-order valence-corrected chi connectivity index (χ0v) is 9.93. The highest BCUT2D eigenvalue weighted by molar-refractivity contribution is 5.79. The molecule has 1 heterocycles. The van der Waals surface area contributed by atoms with Gasteiger partial charge in [-0.1, -0.05) is 30.3 Å². The summed E-state index contributed by atoms with van der Waals surface area (Å²) < 4.78 is 0. The number of likely N-dealkylation sites (tertiary alicyclic amines) is 1. The van der Waals surface area contributed by atoms with E-state index in [-0.39, 0.29) is 17.4 Å². The van der Waals surface area contributed by atoms with E-state index in [1.165, 1.54) is 18.4 Å². The zero-order valence-electron chi connectivity index (χ0n) is 9.93. The Morgan fingerprint density at radius 1 is 1.29 bits per heavy atom.